The molecule has 16 heteroatoms. The van der Waals surface area contributed by atoms with Crippen molar-refractivity contribution in [2.24, 2.45) is 0 Å². The van der Waals surface area contributed by atoms with Gasteiger partial charge in [-0.1, -0.05) is 47.2 Å². The van der Waals surface area contributed by atoms with E-state index in [4.69, 9.17) is 45.3 Å². The monoisotopic (exact) mass is 578 g/mol. The molecule has 11 nitrogen and oxygen atoms in total. The average Bonchev–Trinajstić information content (AvgIpc) is 3.31. The molecule has 0 bridgehead atoms. The zero-order valence-corrected chi connectivity index (χ0v) is 21.5. The van der Waals surface area contributed by atoms with Gasteiger partial charge >= 0.3 is 18.0 Å². The second-order valence-corrected chi connectivity index (χ2v) is 9.64. The summed E-state index contributed by atoms with van der Waals surface area (Å²) >= 11 is 18.7. The fourth-order valence-corrected chi connectivity index (χ4v) is 4.93. The molecule has 0 saturated carbocycles. The van der Waals surface area contributed by atoms with Gasteiger partial charge in [-0.25, -0.2) is 14.6 Å². The van der Waals surface area contributed by atoms with E-state index in [2.05, 4.69) is 15.6 Å². The Morgan fingerprint density at radius 1 is 1.23 bits per heavy atom. The second kappa shape index (κ2) is 12.3. The van der Waals surface area contributed by atoms with Crippen LogP contribution in [0.15, 0.2) is 28.5 Å². The number of benzene rings is 1. The molecule has 0 atom stereocenters. The van der Waals surface area contributed by atoms with Gasteiger partial charge in [-0.2, -0.15) is 0 Å². The maximum absolute atomic E-state index is 12.8. The Kier molecular flexibility index (Phi) is 10.00. The van der Waals surface area contributed by atoms with Crippen LogP contribution in [0.4, 0.5) is 15.6 Å². The molecule has 0 spiro atoms. The van der Waals surface area contributed by atoms with E-state index in [0.717, 1.165) is 28.0 Å². The first-order chi connectivity index (χ1) is 16.1. The van der Waals surface area contributed by atoms with Crippen molar-refractivity contribution in [2.75, 3.05) is 23.8 Å². The molecule has 5 N–H and O–H groups in total. The topological polar surface area (TPSA) is 169 Å². The van der Waals surface area contributed by atoms with Crippen LogP contribution in [0.1, 0.15) is 12.6 Å². The summed E-state index contributed by atoms with van der Waals surface area (Å²) < 4.78 is 5.05. The van der Waals surface area contributed by atoms with E-state index in [9.17, 15) is 19.2 Å². The number of hydrogen-bond donors (Lipinski definition) is 3. The Balaban J connectivity index is 0.00000432. The van der Waals surface area contributed by atoms with Crippen LogP contribution in [0.5, 0.6) is 0 Å². The van der Waals surface area contributed by atoms with Crippen molar-refractivity contribution in [1.29, 1.82) is 0 Å². The molecule has 1 aromatic carbocycles. The van der Waals surface area contributed by atoms with E-state index in [1.807, 2.05) is 0 Å². The van der Waals surface area contributed by atoms with Gasteiger partial charge in [-0.05, 0) is 25.1 Å². The van der Waals surface area contributed by atoms with Crippen LogP contribution in [0, 0.1) is 0 Å². The first-order valence-electron chi connectivity index (χ1n) is 9.26. The van der Waals surface area contributed by atoms with Gasteiger partial charge < -0.3 is 20.6 Å². The smallest absolute Gasteiger partial charge is 0.341 e. The highest BCUT2D eigenvalue weighted by molar-refractivity contribution is 8.26. The number of rotatable bonds is 7. The maximum atomic E-state index is 12.8. The van der Waals surface area contributed by atoms with Crippen molar-refractivity contribution in [1.82, 2.24) is 9.88 Å². The van der Waals surface area contributed by atoms with Crippen molar-refractivity contribution in [3.8, 4) is 0 Å². The molecule has 3 amide bonds. The quantitative estimate of drug-likeness (QED) is 0.252. The number of nitrogens with zero attached hydrogens (tertiary/aromatic N) is 2. The molecular formula is C19H16Cl2N4O7S3. The predicted molar refractivity (Wildman–Crippen MR) is 138 cm³/mol. The standard InChI is InChI=1S/C19H14Cl2N4O6S3.H2O/c1-2-31-16(29)13(14-15(28)25(6-12(26)27)19(32)34-14)11-7-33-18(23-11)24-17(30)22-8-3-4-9(20)10(21)5-8;/h3-5,7H,2,6H2,1H3,(H,26,27)(H2,22,23,24,30);1H2/b14-13+;. The molecule has 2 aromatic rings. The number of urea groups is 1. The Bertz CT molecular complexity index is 1230. The number of esters is 1. The number of thiazole rings is 1. The van der Waals surface area contributed by atoms with Gasteiger partial charge in [0.05, 0.1) is 27.3 Å². The van der Waals surface area contributed by atoms with Crippen molar-refractivity contribution in [3.05, 3.63) is 44.2 Å². The highest BCUT2D eigenvalue weighted by atomic mass is 35.5. The molecular weight excluding hydrogens is 563 g/mol. The minimum atomic E-state index is -1.26. The van der Waals surface area contributed by atoms with Gasteiger partial charge in [0.2, 0.25) is 0 Å². The van der Waals surface area contributed by atoms with E-state index in [1.54, 1.807) is 13.0 Å². The van der Waals surface area contributed by atoms with E-state index < -0.39 is 30.4 Å². The summed E-state index contributed by atoms with van der Waals surface area (Å²) in [6, 6.07) is 3.91. The fraction of sp³-hybridized carbons (Fsp3) is 0.158. The highest BCUT2D eigenvalue weighted by Gasteiger charge is 2.38. The SMILES string of the molecule is CCOC(=O)/C(=C1/SC(=S)N(CC(=O)O)C1=O)c1csc(NC(=O)Nc2ccc(Cl)c(Cl)c2)n1.O. The molecule has 3 rings (SSSR count). The van der Waals surface area contributed by atoms with Gasteiger partial charge in [-0.15, -0.1) is 11.3 Å². The number of aliphatic carboxylic acids is 1. The number of carbonyl (C=O) groups is 4. The van der Waals surface area contributed by atoms with Crippen LogP contribution in [0.25, 0.3) is 5.57 Å². The van der Waals surface area contributed by atoms with Gasteiger partial charge in [0.1, 0.15) is 16.4 Å². The number of ether oxygens (including phenoxy) is 1. The second-order valence-electron chi connectivity index (χ2n) is 6.32. The first kappa shape index (κ1) is 28.5. The summed E-state index contributed by atoms with van der Waals surface area (Å²) in [5.74, 6) is -2.85. The summed E-state index contributed by atoms with van der Waals surface area (Å²) in [7, 11) is 0. The minimum Gasteiger partial charge on any atom is -0.480 e. The molecule has 2 heterocycles. The van der Waals surface area contributed by atoms with Crippen LogP contribution in [-0.2, 0) is 19.1 Å². The van der Waals surface area contributed by atoms with Crippen LogP contribution in [0.3, 0.4) is 0 Å². The number of carboxylic acids is 1. The fourth-order valence-electron chi connectivity index (χ4n) is 2.62. The summed E-state index contributed by atoms with van der Waals surface area (Å²) in [5, 5.41) is 16.3. The van der Waals surface area contributed by atoms with E-state index in [0.29, 0.717) is 10.7 Å². The van der Waals surface area contributed by atoms with Crippen LogP contribution >= 0.6 is 58.5 Å². The number of amides is 3. The molecule has 1 saturated heterocycles. The van der Waals surface area contributed by atoms with Crippen molar-refractivity contribution in [2.45, 2.75) is 6.92 Å². The first-order valence-corrected chi connectivity index (χ1v) is 12.1. The normalized spacial score (nSPS) is 14.3. The number of carbonyl (C=O) groups excluding carboxylic acids is 3. The number of aromatic nitrogens is 1. The molecule has 1 aliphatic rings. The molecule has 0 unspecified atom stereocenters. The Morgan fingerprint density at radius 2 is 1.94 bits per heavy atom. The Morgan fingerprint density at radius 3 is 2.57 bits per heavy atom. The molecule has 35 heavy (non-hydrogen) atoms. The maximum Gasteiger partial charge on any atom is 0.341 e. The van der Waals surface area contributed by atoms with Gasteiger partial charge in [0, 0.05) is 11.1 Å². The predicted octanol–water partition coefficient (Wildman–Crippen LogP) is 3.49. The zero-order chi connectivity index (χ0) is 25.0. The Labute approximate surface area is 221 Å². The summed E-state index contributed by atoms with van der Waals surface area (Å²) in [4.78, 5) is 53.8. The Hall–Kier alpha value is -2.75. The van der Waals surface area contributed by atoms with Gasteiger partial charge in [0.15, 0.2) is 5.13 Å². The molecule has 1 aromatic heterocycles. The number of thiocarbonyl (C=S) groups is 1. The van der Waals surface area contributed by atoms with Crippen LogP contribution in [-0.4, -0.2) is 61.8 Å². The zero-order valence-electron chi connectivity index (χ0n) is 17.6. The summed E-state index contributed by atoms with van der Waals surface area (Å²) in [6.07, 6.45) is 0. The van der Waals surface area contributed by atoms with Crippen molar-refractivity contribution >= 4 is 103 Å². The number of nitrogens with one attached hydrogen (secondary N) is 2. The average molecular weight is 579 g/mol. The van der Waals surface area contributed by atoms with Gasteiger partial charge in [-0.3, -0.25) is 19.8 Å². The third kappa shape index (κ3) is 6.90. The lowest BCUT2D eigenvalue weighted by molar-refractivity contribution is -0.140. The van der Waals surface area contributed by atoms with Gasteiger partial charge in [0.25, 0.3) is 5.91 Å². The largest absolute Gasteiger partial charge is 0.480 e. The van der Waals surface area contributed by atoms with E-state index >= 15 is 0 Å². The van der Waals surface area contributed by atoms with Crippen LogP contribution in [0.2, 0.25) is 10.0 Å². The molecule has 0 aliphatic carbocycles. The molecule has 1 aliphatic heterocycles. The number of anilines is 2. The lowest BCUT2D eigenvalue weighted by Crippen LogP contribution is -2.33. The number of hydrogen-bond acceptors (Lipinski definition) is 9. The molecule has 0 radical (unpaired) electrons. The highest BCUT2D eigenvalue weighted by Crippen LogP contribution is 2.38. The summed E-state index contributed by atoms with van der Waals surface area (Å²) in [6.45, 7) is 0.967. The third-order valence-corrected chi connectivity index (χ3v) is 6.95. The molecule has 1 fully saturated rings. The minimum absolute atomic E-state index is 0. The van der Waals surface area contributed by atoms with Crippen molar-refractivity contribution < 1.29 is 34.5 Å². The van der Waals surface area contributed by atoms with Crippen LogP contribution < -0.4 is 10.6 Å². The van der Waals surface area contributed by atoms with E-state index in [-0.39, 0.29) is 42.7 Å². The lowest BCUT2D eigenvalue weighted by atomic mass is 10.2. The third-order valence-electron chi connectivity index (χ3n) is 4.01. The van der Waals surface area contributed by atoms with E-state index in [1.165, 1.54) is 17.5 Å². The number of halogens is 2. The summed E-state index contributed by atoms with van der Waals surface area (Å²) in [5.41, 5.74) is 0.267. The lowest BCUT2D eigenvalue weighted by Gasteiger charge is -2.11. The van der Waals surface area contributed by atoms with Crippen molar-refractivity contribution in [3.63, 3.8) is 0 Å². The molecule has 186 valence electrons. The number of carboxylic acid groups (broad SMARTS) is 1. The number of thioether (sulfide) groups is 1.